The van der Waals surface area contributed by atoms with Crippen molar-refractivity contribution < 1.29 is 4.46 Å². The van der Waals surface area contributed by atoms with Gasteiger partial charge in [-0.15, -0.1) is 0 Å². The van der Waals surface area contributed by atoms with Gasteiger partial charge in [0.2, 0.25) is 0 Å². The van der Waals surface area contributed by atoms with Crippen LogP contribution in [0.1, 0.15) is 26.7 Å². The molecule has 0 radical (unpaired) electrons. The molecule has 3 heteroatoms. The first-order valence-corrected chi connectivity index (χ1v) is 10.8. The lowest BCUT2D eigenvalue weighted by molar-refractivity contribution is 0.555. The third-order valence-electron chi connectivity index (χ3n) is 2.97. The molecule has 0 aromatic carbocycles. The van der Waals surface area contributed by atoms with Gasteiger partial charge in [0, 0.05) is 8.07 Å². The first kappa shape index (κ1) is 13.2. The third kappa shape index (κ3) is 6.32. The van der Waals surface area contributed by atoms with Crippen LogP contribution in [0.25, 0.3) is 0 Å². The quantitative estimate of drug-likeness (QED) is 0.615. The van der Waals surface area contributed by atoms with Crippen LogP contribution in [0.3, 0.4) is 0 Å². The molecular weight excluding hydrogens is 192 g/mol. The van der Waals surface area contributed by atoms with Crippen molar-refractivity contribution in [1.29, 1.82) is 0 Å². The monoisotopic (exact) mass is 216 g/mol. The molecule has 0 aromatic rings. The fourth-order valence-electron chi connectivity index (χ4n) is 1.22. The predicted octanol–water partition coefficient (Wildman–Crippen LogP) is 3.94. The van der Waals surface area contributed by atoms with E-state index in [0.717, 1.165) is 17.6 Å². The molecule has 0 amide bonds. The summed E-state index contributed by atoms with van der Waals surface area (Å²) in [6.07, 6.45) is 2.46. The maximum Gasteiger partial charge on any atom is 0.276 e. The Morgan fingerprint density at radius 3 is 2.23 bits per heavy atom. The van der Waals surface area contributed by atoms with E-state index in [2.05, 4.69) is 26.6 Å². The third-order valence-corrected chi connectivity index (χ3v) is 7.91. The van der Waals surface area contributed by atoms with E-state index in [1.807, 2.05) is 6.92 Å². The number of hydrogen-bond acceptors (Lipinski definition) is 1. The summed E-state index contributed by atoms with van der Waals surface area (Å²) < 4.78 is 11.2. The Bertz CT molecular complexity index is 161. The van der Waals surface area contributed by atoms with Crippen LogP contribution in [0.15, 0.2) is 0 Å². The topological polar surface area (TPSA) is 17.1 Å². The molecule has 0 heterocycles. The van der Waals surface area contributed by atoms with Gasteiger partial charge >= 0.3 is 0 Å². The zero-order chi connectivity index (χ0) is 10.5. The molecule has 1 atom stereocenters. The molecule has 0 fully saturated rings. The zero-order valence-electron chi connectivity index (χ0n) is 9.81. The summed E-state index contributed by atoms with van der Waals surface area (Å²) in [7, 11) is -2.14. The summed E-state index contributed by atoms with van der Waals surface area (Å²) in [6, 6.07) is 1.88. The molecule has 1 unspecified atom stereocenters. The highest BCUT2D eigenvalue weighted by atomic mass is 28.3. The second kappa shape index (κ2) is 5.86. The van der Waals surface area contributed by atoms with Gasteiger partial charge in [-0.05, 0) is 24.1 Å². The Labute approximate surface area is 85.6 Å². The van der Waals surface area contributed by atoms with Gasteiger partial charge < -0.3 is 4.46 Å². The maximum atomic E-state index is 11.2. The lowest BCUT2D eigenvalue weighted by Crippen LogP contribution is -2.26. The first-order chi connectivity index (χ1) is 5.88. The minimum Gasteiger partial charge on any atom is -0.388 e. The normalized spacial score (nSPS) is 14.2. The minimum absolute atomic E-state index is 0.874. The fraction of sp³-hybridized carbons (Fsp3) is 1.00. The highest BCUT2D eigenvalue weighted by Crippen LogP contribution is 2.26. The average Bonchev–Trinajstić information content (AvgIpc) is 2.02. The Hall–Kier alpha value is 0.234. The van der Waals surface area contributed by atoms with Crippen LogP contribution in [0.2, 0.25) is 37.3 Å². The standard InChI is InChI=1S/C10H24OSi2/c1-6-12(11)9-7-8-10(2)13(3,4)5/h10H,6-9H2,1-5H3. The van der Waals surface area contributed by atoms with Crippen molar-refractivity contribution in [1.82, 2.24) is 0 Å². The fourth-order valence-corrected chi connectivity index (χ4v) is 3.24. The summed E-state index contributed by atoms with van der Waals surface area (Å²) in [6.45, 7) is 11.6. The molecule has 0 aliphatic heterocycles. The summed E-state index contributed by atoms with van der Waals surface area (Å²) in [5.74, 6) is 0. The van der Waals surface area contributed by atoms with E-state index >= 15 is 0 Å². The van der Waals surface area contributed by atoms with E-state index in [4.69, 9.17) is 0 Å². The van der Waals surface area contributed by atoms with Crippen LogP contribution in [0.5, 0.6) is 0 Å². The summed E-state index contributed by atoms with van der Waals surface area (Å²) in [5, 5.41) is 0. The van der Waals surface area contributed by atoms with Gasteiger partial charge in [0.25, 0.3) is 8.68 Å². The summed E-state index contributed by atoms with van der Waals surface area (Å²) in [4.78, 5) is 0. The van der Waals surface area contributed by atoms with Crippen LogP contribution in [-0.4, -0.2) is 16.8 Å². The van der Waals surface area contributed by atoms with Crippen LogP contribution in [-0.2, 0) is 4.46 Å². The Balaban J connectivity index is 3.60. The molecule has 78 valence electrons. The van der Waals surface area contributed by atoms with Crippen molar-refractivity contribution in [3.05, 3.63) is 0 Å². The molecule has 0 aliphatic carbocycles. The summed E-state index contributed by atoms with van der Waals surface area (Å²) in [5.41, 5.74) is 0.874. The van der Waals surface area contributed by atoms with Crippen molar-refractivity contribution >= 4 is 16.8 Å². The number of rotatable bonds is 6. The largest absolute Gasteiger partial charge is 0.388 e. The van der Waals surface area contributed by atoms with Gasteiger partial charge in [0.1, 0.15) is 0 Å². The van der Waals surface area contributed by atoms with Crippen LogP contribution in [0.4, 0.5) is 0 Å². The molecular formula is C10H24OSi2. The number of hydrogen-bond donors (Lipinski definition) is 0. The minimum atomic E-state index is -1.20. The molecule has 0 bridgehead atoms. The molecule has 1 nitrogen and oxygen atoms in total. The molecule has 13 heavy (non-hydrogen) atoms. The average molecular weight is 216 g/mol. The van der Waals surface area contributed by atoms with Gasteiger partial charge in [0.05, 0.1) is 0 Å². The summed E-state index contributed by atoms with van der Waals surface area (Å²) >= 11 is 0. The van der Waals surface area contributed by atoms with Crippen LogP contribution >= 0.6 is 0 Å². The van der Waals surface area contributed by atoms with Gasteiger partial charge in [-0.2, -0.15) is 0 Å². The van der Waals surface area contributed by atoms with E-state index in [9.17, 15) is 4.46 Å². The Morgan fingerprint density at radius 2 is 1.85 bits per heavy atom. The van der Waals surface area contributed by atoms with E-state index < -0.39 is 16.8 Å². The van der Waals surface area contributed by atoms with Crippen molar-refractivity contribution in [2.24, 2.45) is 0 Å². The van der Waals surface area contributed by atoms with Crippen molar-refractivity contribution in [3.63, 3.8) is 0 Å². The predicted molar refractivity (Wildman–Crippen MR) is 63.7 cm³/mol. The second-order valence-corrected chi connectivity index (χ2v) is 13.1. The Morgan fingerprint density at radius 1 is 1.31 bits per heavy atom. The smallest absolute Gasteiger partial charge is 0.276 e. The maximum absolute atomic E-state index is 11.2. The van der Waals surface area contributed by atoms with Gasteiger partial charge in [-0.1, -0.05) is 39.9 Å². The van der Waals surface area contributed by atoms with Crippen molar-refractivity contribution in [2.45, 2.75) is 64.0 Å². The molecule has 0 spiro atoms. The highest BCUT2D eigenvalue weighted by molar-refractivity contribution is 6.77. The SMILES string of the molecule is CC[Si](=O)CCCC(C)[Si](C)(C)C. The van der Waals surface area contributed by atoms with E-state index in [0.29, 0.717) is 0 Å². The molecule has 0 saturated carbocycles. The highest BCUT2D eigenvalue weighted by Gasteiger charge is 2.21. The van der Waals surface area contributed by atoms with Crippen molar-refractivity contribution in [2.75, 3.05) is 0 Å². The van der Waals surface area contributed by atoms with E-state index in [1.54, 1.807) is 0 Å². The lowest BCUT2D eigenvalue weighted by atomic mass is 10.3. The van der Waals surface area contributed by atoms with Crippen LogP contribution < -0.4 is 0 Å². The molecule has 0 saturated heterocycles. The van der Waals surface area contributed by atoms with Gasteiger partial charge in [0.15, 0.2) is 0 Å². The van der Waals surface area contributed by atoms with Gasteiger partial charge in [-0.25, -0.2) is 0 Å². The van der Waals surface area contributed by atoms with E-state index in [1.165, 1.54) is 12.8 Å². The molecule has 0 rings (SSSR count). The van der Waals surface area contributed by atoms with Gasteiger partial charge in [-0.3, -0.25) is 0 Å². The lowest BCUT2D eigenvalue weighted by Gasteiger charge is -2.24. The second-order valence-electron chi connectivity index (χ2n) is 5.05. The zero-order valence-corrected chi connectivity index (χ0v) is 11.8. The first-order valence-electron chi connectivity index (χ1n) is 5.39. The molecule has 0 aromatic heterocycles. The molecule has 0 N–H and O–H groups in total. The van der Waals surface area contributed by atoms with E-state index in [-0.39, 0.29) is 0 Å². The van der Waals surface area contributed by atoms with Crippen molar-refractivity contribution in [3.8, 4) is 0 Å². The Kier molecular flexibility index (Phi) is 5.96. The van der Waals surface area contributed by atoms with Crippen LogP contribution in [0, 0.1) is 0 Å². The molecule has 0 aliphatic rings.